The van der Waals surface area contributed by atoms with Gasteiger partial charge in [0.15, 0.2) is 0 Å². The van der Waals surface area contributed by atoms with Gasteiger partial charge in [0.25, 0.3) is 10.0 Å². The highest BCUT2D eigenvalue weighted by molar-refractivity contribution is 7.92. The maximum absolute atomic E-state index is 12.8. The molecule has 0 saturated heterocycles. The molecule has 7 nitrogen and oxygen atoms in total. The van der Waals surface area contributed by atoms with E-state index >= 15 is 0 Å². The Bertz CT molecular complexity index is 900. The smallest absolute Gasteiger partial charge is 0.335 e. The van der Waals surface area contributed by atoms with E-state index in [1.165, 1.54) is 49.6 Å². The van der Waals surface area contributed by atoms with Gasteiger partial charge in [-0.25, -0.2) is 13.2 Å². The monoisotopic (exact) mass is 399 g/mol. The predicted octanol–water partition coefficient (Wildman–Crippen LogP) is 3.25. The first-order valence-electron chi connectivity index (χ1n) is 7.54. The van der Waals surface area contributed by atoms with Gasteiger partial charge in [-0.2, -0.15) is 0 Å². The number of benzene rings is 2. The summed E-state index contributed by atoms with van der Waals surface area (Å²) in [5.41, 5.74) is 0.0715. The number of carboxylic acid groups (broad SMARTS) is 1. The van der Waals surface area contributed by atoms with Crippen LogP contribution in [0, 0.1) is 0 Å². The van der Waals surface area contributed by atoms with E-state index in [0.717, 1.165) is 0 Å². The molecule has 0 aliphatic heterocycles. The molecule has 0 aliphatic rings. The summed E-state index contributed by atoms with van der Waals surface area (Å²) >= 11 is 5.94. The first kappa shape index (κ1) is 20.0. The molecule has 0 saturated carbocycles. The maximum atomic E-state index is 12.8. The molecule has 9 heteroatoms. The summed E-state index contributed by atoms with van der Waals surface area (Å²) in [6.07, 6.45) is -0.384. The number of hydrogen-bond acceptors (Lipinski definition) is 5. The number of sulfonamides is 1. The normalized spacial score (nSPS) is 12.4. The number of carbonyl (C=O) groups is 1. The van der Waals surface area contributed by atoms with E-state index < -0.39 is 16.0 Å². The molecule has 140 valence electrons. The van der Waals surface area contributed by atoms with Crippen molar-refractivity contribution >= 4 is 33.3 Å². The Hall–Kier alpha value is -2.29. The molecule has 0 spiro atoms. The molecule has 2 aromatic carbocycles. The summed E-state index contributed by atoms with van der Waals surface area (Å²) in [7, 11) is -2.55. The van der Waals surface area contributed by atoms with Crippen LogP contribution >= 0.6 is 11.6 Å². The van der Waals surface area contributed by atoms with E-state index in [4.69, 9.17) is 26.2 Å². The van der Waals surface area contributed by atoms with Crippen LogP contribution in [0.15, 0.2) is 47.4 Å². The minimum absolute atomic E-state index is 0.0403. The number of nitrogens with one attached hydrogen (secondary N) is 1. The van der Waals surface area contributed by atoms with Crippen molar-refractivity contribution in [3.8, 4) is 5.75 Å². The fourth-order valence-corrected chi connectivity index (χ4v) is 3.65. The highest BCUT2D eigenvalue weighted by Gasteiger charge is 2.22. The van der Waals surface area contributed by atoms with Crippen molar-refractivity contribution in [3.63, 3.8) is 0 Å². The zero-order chi connectivity index (χ0) is 19.3. The molecule has 1 atom stereocenters. The summed E-state index contributed by atoms with van der Waals surface area (Å²) in [6.45, 7) is 2.01. The van der Waals surface area contributed by atoms with E-state index in [1.54, 1.807) is 6.92 Å². The van der Waals surface area contributed by atoms with Crippen LogP contribution in [-0.4, -0.2) is 39.3 Å². The van der Waals surface area contributed by atoms with Crippen LogP contribution in [0.1, 0.15) is 17.3 Å². The minimum atomic E-state index is -4.06. The second kappa shape index (κ2) is 8.39. The molecule has 0 unspecified atom stereocenters. The number of hydrogen-bond donors (Lipinski definition) is 2. The van der Waals surface area contributed by atoms with Crippen molar-refractivity contribution in [1.82, 2.24) is 0 Å². The molecule has 0 radical (unpaired) electrons. The van der Waals surface area contributed by atoms with Gasteiger partial charge in [-0.15, -0.1) is 0 Å². The number of carboxylic acids is 1. The zero-order valence-electron chi connectivity index (χ0n) is 14.1. The second-order valence-electron chi connectivity index (χ2n) is 5.47. The Kier molecular flexibility index (Phi) is 6.47. The summed E-state index contributed by atoms with van der Waals surface area (Å²) in [5.74, 6) is -1.05. The lowest BCUT2D eigenvalue weighted by Crippen LogP contribution is -2.21. The predicted molar refractivity (Wildman–Crippen MR) is 97.6 cm³/mol. The molecule has 2 N–H and O–H groups in total. The Balaban J connectivity index is 2.37. The third kappa shape index (κ3) is 5.10. The standard InChI is InChI=1S/C17H18ClNO6S/c1-11(10-24-2)25-15-7-6-13(18)9-16(15)26(22,23)19-14-5-3-4-12(8-14)17(20)21/h3-9,11,19H,10H2,1-2H3,(H,20,21)/t11-/m1/s1. The number of ether oxygens (including phenoxy) is 2. The van der Waals surface area contributed by atoms with E-state index in [9.17, 15) is 13.2 Å². The maximum Gasteiger partial charge on any atom is 0.335 e. The fraction of sp³-hybridized carbons (Fsp3) is 0.235. The topological polar surface area (TPSA) is 102 Å². The van der Waals surface area contributed by atoms with Crippen molar-refractivity contribution < 1.29 is 27.8 Å². The van der Waals surface area contributed by atoms with Crippen LogP contribution in [-0.2, 0) is 14.8 Å². The molecule has 0 fully saturated rings. The van der Waals surface area contributed by atoms with Gasteiger partial charge in [-0.3, -0.25) is 4.72 Å². The number of rotatable bonds is 8. The van der Waals surface area contributed by atoms with E-state index in [1.807, 2.05) is 0 Å². The molecule has 0 heterocycles. The van der Waals surface area contributed by atoms with Crippen LogP contribution in [0.5, 0.6) is 5.75 Å². The third-order valence-corrected chi connectivity index (χ3v) is 4.92. The van der Waals surface area contributed by atoms with Crippen molar-refractivity contribution in [1.29, 1.82) is 0 Å². The SMILES string of the molecule is COC[C@@H](C)Oc1ccc(Cl)cc1S(=O)(=O)Nc1cccc(C(=O)O)c1. The molecular formula is C17H18ClNO6S. The van der Waals surface area contributed by atoms with Crippen LogP contribution in [0.25, 0.3) is 0 Å². The van der Waals surface area contributed by atoms with E-state index in [2.05, 4.69) is 4.72 Å². The number of aromatic carboxylic acids is 1. The Morgan fingerprint density at radius 3 is 2.65 bits per heavy atom. The fourth-order valence-electron chi connectivity index (χ4n) is 2.20. The number of halogens is 1. The molecule has 2 rings (SSSR count). The Morgan fingerprint density at radius 2 is 2.00 bits per heavy atom. The zero-order valence-corrected chi connectivity index (χ0v) is 15.7. The van der Waals surface area contributed by atoms with Gasteiger partial charge >= 0.3 is 5.97 Å². The van der Waals surface area contributed by atoms with Crippen LogP contribution in [0.3, 0.4) is 0 Å². The highest BCUT2D eigenvalue weighted by atomic mass is 35.5. The average Bonchev–Trinajstić information content (AvgIpc) is 2.56. The van der Waals surface area contributed by atoms with Gasteiger partial charge in [-0.05, 0) is 43.3 Å². The van der Waals surface area contributed by atoms with Crippen molar-refractivity contribution in [2.45, 2.75) is 17.9 Å². The molecule has 0 aromatic heterocycles. The molecule has 0 aliphatic carbocycles. The summed E-state index contributed by atoms with van der Waals surface area (Å²) in [6, 6.07) is 9.70. The lowest BCUT2D eigenvalue weighted by atomic mass is 10.2. The number of methoxy groups -OCH3 is 1. The van der Waals surface area contributed by atoms with E-state index in [0.29, 0.717) is 0 Å². The van der Waals surface area contributed by atoms with Crippen molar-refractivity contribution in [3.05, 3.63) is 53.1 Å². The van der Waals surface area contributed by atoms with Crippen LogP contribution < -0.4 is 9.46 Å². The lowest BCUT2D eigenvalue weighted by molar-refractivity contribution is 0.0697. The Morgan fingerprint density at radius 1 is 1.27 bits per heavy atom. The van der Waals surface area contributed by atoms with Crippen LogP contribution in [0.4, 0.5) is 5.69 Å². The molecule has 0 bridgehead atoms. The van der Waals surface area contributed by atoms with E-state index in [-0.39, 0.29) is 39.6 Å². The molecule has 2 aromatic rings. The molecular weight excluding hydrogens is 382 g/mol. The van der Waals surface area contributed by atoms with Gasteiger partial charge in [0, 0.05) is 17.8 Å². The lowest BCUT2D eigenvalue weighted by Gasteiger charge is -2.18. The largest absolute Gasteiger partial charge is 0.487 e. The average molecular weight is 400 g/mol. The Labute approximate surface area is 156 Å². The van der Waals surface area contributed by atoms with Gasteiger partial charge in [0.1, 0.15) is 16.7 Å². The summed E-state index contributed by atoms with van der Waals surface area (Å²) in [4.78, 5) is 10.9. The quantitative estimate of drug-likeness (QED) is 0.706. The van der Waals surface area contributed by atoms with Crippen molar-refractivity contribution in [2.75, 3.05) is 18.4 Å². The second-order valence-corrected chi connectivity index (χ2v) is 7.55. The first-order valence-corrected chi connectivity index (χ1v) is 9.40. The molecule has 0 amide bonds. The first-order chi connectivity index (χ1) is 12.2. The van der Waals surface area contributed by atoms with Crippen LogP contribution in [0.2, 0.25) is 5.02 Å². The number of anilines is 1. The van der Waals surface area contributed by atoms with Gasteiger partial charge in [0.05, 0.1) is 12.2 Å². The third-order valence-electron chi connectivity index (χ3n) is 3.29. The highest BCUT2D eigenvalue weighted by Crippen LogP contribution is 2.30. The minimum Gasteiger partial charge on any atom is -0.487 e. The van der Waals surface area contributed by atoms with Gasteiger partial charge < -0.3 is 14.6 Å². The van der Waals surface area contributed by atoms with Gasteiger partial charge in [0.2, 0.25) is 0 Å². The summed E-state index contributed by atoms with van der Waals surface area (Å²) < 4.78 is 38.5. The van der Waals surface area contributed by atoms with Gasteiger partial charge in [-0.1, -0.05) is 17.7 Å². The van der Waals surface area contributed by atoms with Crippen molar-refractivity contribution in [2.24, 2.45) is 0 Å². The molecule has 26 heavy (non-hydrogen) atoms. The summed E-state index contributed by atoms with van der Waals surface area (Å²) in [5, 5.41) is 9.25.